The summed E-state index contributed by atoms with van der Waals surface area (Å²) in [5, 5.41) is 124. The van der Waals surface area contributed by atoms with E-state index in [2.05, 4.69) is 5.32 Å². The molecule has 256 valence electrons. The Bertz CT molecular complexity index is 962. The highest BCUT2D eigenvalue weighted by Crippen LogP contribution is 2.38. The Kier molecular flexibility index (Phi) is 12.7. The average molecular weight is 649 g/mol. The van der Waals surface area contributed by atoms with Crippen molar-refractivity contribution in [3.05, 3.63) is 0 Å². The Hall–Kier alpha value is -1.74. The second-order valence-corrected chi connectivity index (χ2v) is 10.6. The highest BCUT2D eigenvalue weighted by Gasteiger charge is 2.59. The summed E-state index contributed by atoms with van der Waals surface area (Å²) in [6, 6.07) is -1.64. The summed E-state index contributed by atoms with van der Waals surface area (Å²) in [7, 11) is 0. The van der Waals surface area contributed by atoms with Crippen LogP contribution in [0, 0.1) is 0 Å². The van der Waals surface area contributed by atoms with Gasteiger partial charge in [-0.15, -0.1) is 0 Å². The van der Waals surface area contributed by atoms with Crippen LogP contribution in [0.1, 0.15) is 6.42 Å². The Morgan fingerprint density at radius 3 is 2.07 bits per heavy atom. The molecule has 0 aromatic heterocycles. The first-order valence-electron chi connectivity index (χ1n) is 13.5. The van der Waals surface area contributed by atoms with Crippen molar-refractivity contribution in [3.8, 4) is 0 Å². The van der Waals surface area contributed by atoms with Gasteiger partial charge in [0.25, 0.3) is 11.7 Å². The third kappa shape index (κ3) is 7.45. The lowest BCUT2D eigenvalue weighted by molar-refractivity contribution is -0.382. The number of hydrogen-bond acceptors (Lipinski definition) is 19. The predicted octanol–water partition coefficient (Wildman–Crippen LogP) is -9.85. The van der Waals surface area contributed by atoms with Crippen LogP contribution in [0.4, 0.5) is 0 Å². The molecule has 3 heterocycles. The molecule has 21 heteroatoms. The van der Waals surface area contributed by atoms with Crippen LogP contribution in [0.3, 0.4) is 0 Å². The molecule has 0 aliphatic carbocycles. The van der Waals surface area contributed by atoms with E-state index in [1.807, 2.05) is 0 Å². The molecule has 16 atom stereocenters. The van der Waals surface area contributed by atoms with Crippen molar-refractivity contribution >= 4 is 11.8 Å². The van der Waals surface area contributed by atoms with Crippen LogP contribution in [0.15, 0.2) is 0 Å². The summed E-state index contributed by atoms with van der Waals surface area (Å²) in [5.74, 6) is -5.46. The van der Waals surface area contributed by atoms with Crippen molar-refractivity contribution in [2.24, 2.45) is 5.73 Å². The number of aliphatic hydroxyl groups excluding tert-OH is 12. The number of primary amides is 1. The maximum Gasteiger partial charge on any atom is 0.277 e. The molecule has 15 N–H and O–H groups in total. The molecular weight excluding hydrogens is 608 g/mol. The smallest absolute Gasteiger partial charge is 0.277 e. The van der Waals surface area contributed by atoms with Crippen LogP contribution < -0.4 is 11.1 Å². The predicted molar refractivity (Wildman–Crippen MR) is 133 cm³/mol. The van der Waals surface area contributed by atoms with Gasteiger partial charge in [0.1, 0.15) is 73.8 Å². The number of rotatable bonds is 12. The molecule has 3 aliphatic heterocycles. The number of nitrogens with two attached hydrogens (primary N) is 1. The number of carbonyl (C=O) groups excluding carboxylic acids is 2. The fourth-order valence-corrected chi connectivity index (χ4v) is 5.19. The lowest BCUT2D eigenvalue weighted by atomic mass is 9.87. The maximum absolute atomic E-state index is 12.8. The normalized spacial score (nSPS) is 44.5. The van der Waals surface area contributed by atoms with Gasteiger partial charge in [-0.1, -0.05) is 0 Å². The zero-order chi connectivity index (χ0) is 33.1. The SMILES string of the molecule is NC(=O)[C@@]1(O[C@H]2[C@@H](O)[C@@H](CO)O[C@@H](O[C@H]3[C@H](O)[C@@H](O)[C@H](O)O[C@@H]3CO)[C@@H]2O)C[C@H](O)[C@@H](NC(=O)CO)[C@H]([C@H](O)[C@H](O)CO)O1. The monoisotopic (exact) mass is 648 g/mol. The van der Waals surface area contributed by atoms with E-state index in [4.69, 9.17) is 34.5 Å². The molecule has 3 rings (SSSR count). The van der Waals surface area contributed by atoms with Gasteiger partial charge in [0.2, 0.25) is 5.91 Å². The van der Waals surface area contributed by atoms with Crippen molar-refractivity contribution in [2.75, 3.05) is 26.4 Å². The zero-order valence-corrected chi connectivity index (χ0v) is 23.0. The fraction of sp³-hybridized carbons (Fsp3) is 0.913. The highest BCUT2D eigenvalue weighted by molar-refractivity contribution is 5.82. The first-order chi connectivity index (χ1) is 20.7. The summed E-state index contributed by atoms with van der Waals surface area (Å²) in [6.45, 7) is -3.97. The van der Waals surface area contributed by atoms with Crippen LogP contribution >= 0.6 is 0 Å². The van der Waals surface area contributed by atoms with Crippen LogP contribution in [-0.4, -0.2) is 197 Å². The number of hydrogen-bond donors (Lipinski definition) is 14. The second-order valence-electron chi connectivity index (χ2n) is 10.6. The molecule has 0 bridgehead atoms. The van der Waals surface area contributed by atoms with Crippen LogP contribution in [0.5, 0.6) is 0 Å². The van der Waals surface area contributed by atoms with E-state index in [0.717, 1.165) is 0 Å². The molecule has 0 saturated carbocycles. The van der Waals surface area contributed by atoms with E-state index in [-0.39, 0.29) is 0 Å². The first-order valence-corrected chi connectivity index (χ1v) is 13.5. The molecule has 0 aromatic rings. The zero-order valence-electron chi connectivity index (χ0n) is 23.0. The van der Waals surface area contributed by atoms with Crippen molar-refractivity contribution in [1.29, 1.82) is 0 Å². The largest absolute Gasteiger partial charge is 0.394 e. The van der Waals surface area contributed by atoms with Crippen molar-refractivity contribution in [3.63, 3.8) is 0 Å². The first kappa shape index (κ1) is 36.7. The number of aliphatic hydroxyl groups is 12. The average Bonchev–Trinajstić information content (AvgIpc) is 3.00. The fourth-order valence-electron chi connectivity index (χ4n) is 5.19. The van der Waals surface area contributed by atoms with Gasteiger partial charge in [0.05, 0.1) is 32.0 Å². The number of ether oxygens (including phenoxy) is 5. The topological polar surface area (TPSA) is 361 Å². The molecule has 2 amide bonds. The van der Waals surface area contributed by atoms with Gasteiger partial charge in [0.15, 0.2) is 12.6 Å². The van der Waals surface area contributed by atoms with E-state index < -0.39 is 142 Å². The van der Waals surface area contributed by atoms with E-state index in [9.17, 15) is 65.8 Å². The van der Waals surface area contributed by atoms with Gasteiger partial charge >= 0.3 is 0 Å². The van der Waals surface area contributed by atoms with Gasteiger partial charge < -0.3 is 96.0 Å². The Labute approximate surface area is 248 Å². The summed E-state index contributed by atoms with van der Waals surface area (Å²) >= 11 is 0. The highest BCUT2D eigenvalue weighted by atomic mass is 16.8. The molecule has 0 radical (unpaired) electrons. The summed E-state index contributed by atoms with van der Waals surface area (Å²) < 4.78 is 27.1. The standard InChI is InChI=1S/C23H40N2O19/c24-22(39)23(1-6(30)11(25-10(32)5-29)18(43-23)12(33)7(31)2-26)44-19-13(34)8(3-27)41-21(16(19)37)42-17-9(4-28)40-20(38)15(36)14(17)35/h6-9,11-21,26-31,33-38H,1-5H2,(H2,24,39)(H,25,32)/t6-,7+,8+,9+,11+,12+,13-,14+,15+,16+,17+,18+,19-,20+,21-,23-/m0/s1. The minimum Gasteiger partial charge on any atom is -0.394 e. The van der Waals surface area contributed by atoms with Crippen molar-refractivity contribution in [2.45, 2.75) is 104 Å². The number of nitrogens with one attached hydrogen (secondary N) is 1. The molecule has 3 fully saturated rings. The third-order valence-electron chi connectivity index (χ3n) is 7.62. The van der Waals surface area contributed by atoms with Gasteiger partial charge in [-0.05, 0) is 0 Å². The Morgan fingerprint density at radius 2 is 1.52 bits per heavy atom. The van der Waals surface area contributed by atoms with Crippen LogP contribution in [-0.2, 0) is 33.3 Å². The molecule has 21 nitrogen and oxygen atoms in total. The van der Waals surface area contributed by atoms with Crippen LogP contribution in [0.25, 0.3) is 0 Å². The minimum absolute atomic E-state index is 0.867. The maximum atomic E-state index is 12.8. The summed E-state index contributed by atoms with van der Waals surface area (Å²) in [4.78, 5) is 24.7. The Balaban J connectivity index is 1.95. The lowest BCUT2D eigenvalue weighted by Crippen LogP contribution is -2.71. The molecule has 0 aromatic carbocycles. The van der Waals surface area contributed by atoms with E-state index >= 15 is 0 Å². The summed E-state index contributed by atoms with van der Waals surface area (Å²) in [6.07, 6.45) is -27.8. The van der Waals surface area contributed by atoms with Gasteiger partial charge in [-0.2, -0.15) is 0 Å². The van der Waals surface area contributed by atoms with Gasteiger partial charge in [0, 0.05) is 6.42 Å². The second kappa shape index (κ2) is 15.2. The quantitative estimate of drug-likeness (QED) is 0.0933. The molecule has 0 unspecified atom stereocenters. The van der Waals surface area contributed by atoms with Crippen molar-refractivity contribution < 1.29 is 94.6 Å². The van der Waals surface area contributed by atoms with E-state index in [1.165, 1.54) is 0 Å². The number of carbonyl (C=O) groups is 2. The molecular formula is C23H40N2O19. The number of amides is 2. The summed E-state index contributed by atoms with van der Waals surface area (Å²) in [5.41, 5.74) is 5.53. The van der Waals surface area contributed by atoms with Gasteiger partial charge in [-0.3, -0.25) is 9.59 Å². The van der Waals surface area contributed by atoms with E-state index in [1.54, 1.807) is 0 Å². The molecule has 3 aliphatic rings. The third-order valence-corrected chi connectivity index (χ3v) is 7.62. The van der Waals surface area contributed by atoms with Crippen LogP contribution in [0.2, 0.25) is 0 Å². The van der Waals surface area contributed by atoms with Gasteiger partial charge in [-0.25, -0.2) is 0 Å². The molecule has 0 spiro atoms. The minimum atomic E-state index is -2.86. The molecule has 3 saturated heterocycles. The Morgan fingerprint density at radius 1 is 0.886 bits per heavy atom. The molecule has 44 heavy (non-hydrogen) atoms. The van der Waals surface area contributed by atoms with E-state index in [0.29, 0.717) is 0 Å². The lowest BCUT2D eigenvalue weighted by Gasteiger charge is -2.51. The van der Waals surface area contributed by atoms with Crippen molar-refractivity contribution in [1.82, 2.24) is 5.32 Å².